The number of pyridine rings is 1. The van der Waals surface area contributed by atoms with Crippen LogP contribution in [0.4, 0.5) is 4.39 Å². The molecule has 0 aliphatic heterocycles. The largest absolute Gasteiger partial charge is 0.386 e. The Morgan fingerprint density at radius 1 is 1.33 bits per heavy atom. The van der Waals surface area contributed by atoms with E-state index < -0.39 is 6.10 Å². The van der Waals surface area contributed by atoms with Gasteiger partial charge in [0.25, 0.3) is 0 Å². The third kappa shape index (κ3) is 3.15. The molecule has 1 aromatic heterocycles. The zero-order valence-electron chi connectivity index (χ0n) is 9.90. The van der Waals surface area contributed by atoms with Crippen molar-refractivity contribution >= 4 is 15.9 Å². The molecule has 1 heterocycles. The van der Waals surface area contributed by atoms with Gasteiger partial charge < -0.3 is 5.11 Å². The molecule has 0 saturated carbocycles. The van der Waals surface area contributed by atoms with E-state index in [2.05, 4.69) is 20.9 Å². The number of rotatable bonds is 3. The maximum absolute atomic E-state index is 13.0. The van der Waals surface area contributed by atoms with Gasteiger partial charge >= 0.3 is 0 Å². The van der Waals surface area contributed by atoms with Crippen molar-refractivity contribution in [1.29, 1.82) is 0 Å². The Morgan fingerprint density at radius 2 is 2.11 bits per heavy atom. The highest BCUT2D eigenvalue weighted by molar-refractivity contribution is 9.10. The molecule has 1 aromatic carbocycles. The topological polar surface area (TPSA) is 33.1 Å². The highest BCUT2D eigenvalue weighted by Crippen LogP contribution is 2.24. The zero-order chi connectivity index (χ0) is 13.1. The van der Waals surface area contributed by atoms with E-state index >= 15 is 0 Å². The molecule has 94 valence electrons. The first-order valence-corrected chi connectivity index (χ1v) is 6.41. The fraction of sp³-hybridized carbons (Fsp3) is 0.214. The molecule has 2 nitrogen and oxygen atoms in total. The summed E-state index contributed by atoms with van der Waals surface area (Å²) >= 11 is 3.29. The van der Waals surface area contributed by atoms with Gasteiger partial charge in [-0.3, -0.25) is 4.98 Å². The third-order valence-electron chi connectivity index (χ3n) is 2.68. The number of nitrogens with zero attached hydrogens (tertiary/aromatic N) is 1. The highest BCUT2D eigenvalue weighted by atomic mass is 79.9. The lowest BCUT2D eigenvalue weighted by atomic mass is 10.0. The number of hydrogen-bond donors (Lipinski definition) is 1. The molecule has 0 bridgehead atoms. The van der Waals surface area contributed by atoms with Crippen LogP contribution in [0.5, 0.6) is 0 Å². The maximum atomic E-state index is 13.0. The lowest BCUT2D eigenvalue weighted by molar-refractivity contribution is 0.173. The van der Waals surface area contributed by atoms with Gasteiger partial charge in [0, 0.05) is 16.6 Å². The summed E-state index contributed by atoms with van der Waals surface area (Å²) in [6, 6.07) is 9.97. The van der Waals surface area contributed by atoms with Crippen LogP contribution in [-0.4, -0.2) is 10.1 Å². The molecule has 1 atom stereocenters. The van der Waals surface area contributed by atoms with Gasteiger partial charge in [0.2, 0.25) is 0 Å². The minimum absolute atomic E-state index is 0.297. The van der Waals surface area contributed by atoms with Crippen molar-refractivity contribution in [2.45, 2.75) is 19.4 Å². The molecule has 1 unspecified atom stereocenters. The number of aromatic nitrogens is 1. The van der Waals surface area contributed by atoms with Crippen molar-refractivity contribution in [2.24, 2.45) is 0 Å². The second-order valence-electron chi connectivity index (χ2n) is 4.16. The lowest BCUT2D eigenvalue weighted by Gasteiger charge is -2.12. The number of aryl methyl sites for hydroxylation is 1. The van der Waals surface area contributed by atoms with Gasteiger partial charge in [0.1, 0.15) is 5.82 Å². The summed E-state index contributed by atoms with van der Waals surface area (Å²) in [7, 11) is 0. The summed E-state index contributed by atoms with van der Waals surface area (Å²) in [5.74, 6) is -0.297. The van der Waals surface area contributed by atoms with Crippen LogP contribution < -0.4 is 0 Å². The minimum atomic E-state index is -0.688. The van der Waals surface area contributed by atoms with Gasteiger partial charge in [-0.2, -0.15) is 0 Å². The first-order valence-electron chi connectivity index (χ1n) is 5.62. The highest BCUT2D eigenvalue weighted by Gasteiger charge is 2.12. The number of benzene rings is 1. The van der Waals surface area contributed by atoms with Gasteiger partial charge in [-0.05, 0) is 36.8 Å². The van der Waals surface area contributed by atoms with Crippen molar-refractivity contribution in [3.63, 3.8) is 0 Å². The van der Waals surface area contributed by atoms with Crippen molar-refractivity contribution in [1.82, 2.24) is 4.98 Å². The summed E-state index contributed by atoms with van der Waals surface area (Å²) in [6.45, 7) is 1.88. The van der Waals surface area contributed by atoms with Crippen molar-refractivity contribution in [2.75, 3.05) is 0 Å². The Hall–Kier alpha value is -1.26. The van der Waals surface area contributed by atoms with E-state index in [0.29, 0.717) is 16.6 Å². The molecule has 0 radical (unpaired) electrons. The number of halogens is 2. The molecule has 2 rings (SSSR count). The smallest absolute Gasteiger partial charge is 0.124 e. The first kappa shape index (κ1) is 13.2. The Balaban J connectivity index is 2.18. The van der Waals surface area contributed by atoms with Crippen molar-refractivity contribution in [3.8, 4) is 0 Å². The van der Waals surface area contributed by atoms with Crippen LogP contribution >= 0.6 is 15.9 Å². The average molecular weight is 310 g/mol. The molecule has 4 heteroatoms. The molecule has 0 aliphatic rings. The molecule has 18 heavy (non-hydrogen) atoms. The number of aliphatic hydroxyl groups excluding tert-OH is 1. The summed E-state index contributed by atoms with van der Waals surface area (Å²) in [6.07, 6.45) is -0.288. The summed E-state index contributed by atoms with van der Waals surface area (Å²) in [5, 5.41) is 10.1. The summed E-state index contributed by atoms with van der Waals surface area (Å²) in [4.78, 5) is 4.28. The van der Waals surface area contributed by atoms with Crippen LogP contribution in [0.1, 0.15) is 23.1 Å². The van der Waals surface area contributed by atoms with Gasteiger partial charge in [-0.1, -0.05) is 28.1 Å². The Labute approximate surface area is 114 Å². The van der Waals surface area contributed by atoms with Gasteiger partial charge in [-0.15, -0.1) is 0 Å². The van der Waals surface area contributed by atoms with Crippen LogP contribution in [0.3, 0.4) is 0 Å². The SMILES string of the molecule is Cc1cccc(C(O)Cc2ccc(F)cc2Br)n1. The fourth-order valence-electron chi connectivity index (χ4n) is 1.75. The van der Waals surface area contributed by atoms with Gasteiger partial charge in [0.05, 0.1) is 11.8 Å². The molecule has 0 fully saturated rings. The summed E-state index contributed by atoms with van der Waals surface area (Å²) in [5.41, 5.74) is 2.35. The van der Waals surface area contributed by atoms with Gasteiger partial charge in [-0.25, -0.2) is 4.39 Å². The predicted octanol–water partition coefficient (Wildman–Crippen LogP) is 3.57. The minimum Gasteiger partial charge on any atom is -0.386 e. The summed E-state index contributed by atoms with van der Waals surface area (Å²) < 4.78 is 13.6. The number of aliphatic hydroxyl groups is 1. The van der Waals surface area contributed by atoms with Crippen molar-refractivity contribution < 1.29 is 9.50 Å². The Morgan fingerprint density at radius 3 is 2.78 bits per heavy atom. The lowest BCUT2D eigenvalue weighted by Crippen LogP contribution is -2.05. The van der Waals surface area contributed by atoms with E-state index in [1.165, 1.54) is 12.1 Å². The molecule has 0 saturated heterocycles. The van der Waals surface area contributed by atoms with E-state index in [4.69, 9.17) is 0 Å². The molecular weight excluding hydrogens is 297 g/mol. The second kappa shape index (κ2) is 5.59. The van der Waals surface area contributed by atoms with Gasteiger partial charge in [0.15, 0.2) is 0 Å². The Kier molecular flexibility index (Phi) is 4.09. The molecule has 1 N–H and O–H groups in total. The zero-order valence-corrected chi connectivity index (χ0v) is 11.5. The van der Waals surface area contributed by atoms with E-state index in [1.807, 2.05) is 19.1 Å². The Bertz CT molecular complexity index is 559. The average Bonchev–Trinajstić information content (AvgIpc) is 2.32. The number of hydrogen-bond acceptors (Lipinski definition) is 2. The van der Waals surface area contributed by atoms with E-state index in [1.54, 1.807) is 12.1 Å². The fourth-order valence-corrected chi connectivity index (χ4v) is 2.26. The van der Waals surface area contributed by atoms with E-state index in [-0.39, 0.29) is 5.82 Å². The van der Waals surface area contributed by atoms with Crippen LogP contribution in [0, 0.1) is 12.7 Å². The normalized spacial score (nSPS) is 12.4. The standard InChI is InChI=1S/C14H13BrFNO/c1-9-3-2-4-13(17-9)14(18)7-10-5-6-11(16)8-12(10)15/h2-6,8,14,18H,7H2,1H3. The monoisotopic (exact) mass is 309 g/mol. The molecule has 2 aromatic rings. The predicted molar refractivity (Wildman–Crippen MR) is 71.7 cm³/mol. The molecule has 0 amide bonds. The molecular formula is C14H13BrFNO. The van der Waals surface area contributed by atoms with E-state index in [0.717, 1.165) is 11.3 Å². The van der Waals surface area contributed by atoms with Crippen LogP contribution in [-0.2, 0) is 6.42 Å². The third-order valence-corrected chi connectivity index (χ3v) is 3.42. The maximum Gasteiger partial charge on any atom is 0.124 e. The van der Waals surface area contributed by atoms with Crippen LogP contribution in [0.2, 0.25) is 0 Å². The molecule has 0 aliphatic carbocycles. The van der Waals surface area contributed by atoms with Crippen molar-refractivity contribution in [3.05, 3.63) is 63.6 Å². The van der Waals surface area contributed by atoms with Crippen LogP contribution in [0.15, 0.2) is 40.9 Å². The van der Waals surface area contributed by atoms with Crippen LogP contribution in [0.25, 0.3) is 0 Å². The second-order valence-corrected chi connectivity index (χ2v) is 5.01. The quantitative estimate of drug-likeness (QED) is 0.940. The molecule has 0 spiro atoms. The van der Waals surface area contributed by atoms with E-state index in [9.17, 15) is 9.50 Å². The first-order chi connectivity index (χ1) is 8.56.